The van der Waals surface area contributed by atoms with E-state index in [1.165, 1.54) is 61.6 Å². The van der Waals surface area contributed by atoms with Crippen LogP contribution in [0, 0.1) is 0 Å². The molecule has 4 nitrogen and oxygen atoms in total. The third-order valence-electron chi connectivity index (χ3n) is 7.62. The van der Waals surface area contributed by atoms with Crippen molar-refractivity contribution < 1.29 is 14.3 Å². The number of Topliss-reactive ketones (excluding diaryl/α,β-unsaturated/α-hetero) is 1. The largest absolute Gasteiger partial charge is 0.497 e. The Morgan fingerprint density at radius 2 is 1.64 bits per heavy atom. The molecule has 0 saturated carbocycles. The number of ether oxygens (including phenoxy) is 2. The highest BCUT2D eigenvalue weighted by molar-refractivity contribution is 6.05. The number of aryl methyl sites for hydroxylation is 1. The van der Waals surface area contributed by atoms with Crippen LogP contribution in [-0.4, -0.2) is 50.1 Å². The van der Waals surface area contributed by atoms with E-state index in [1.54, 1.807) is 14.2 Å². The van der Waals surface area contributed by atoms with Crippen molar-refractivity contribution in [1.82, 2.24) is 4.90 Å². The van der Waals surface area contributed by atoms with Crippen LogP contribution in [0.4, 0.5) is 0 Å². The van der Waals surface area contributed by atoms with Crippen LogP contribution in [0.5, 0.6) is 5.75 Å². The maximum atomic E-state index is 13.6. The van der Waals surface area contributed by atoms with Crippen molar-refractivity contribution in [2.75, 3.05) is 33.9 Å². The molecule has 39 heavy (non-hydrogen) atoms. The van der Waals surface area contributed by atoms with E-state index in [0.717, 1.165) is 42.8 Å². The highest BCUT2D eigenvalue weighted by atomic mass is 16.5. The van der Waals surface area contributed by atoms with Gasteiger partial charge in [-0.05, 0) is 87.1 Å². The molecule has 0 atom stereocenters. The van der Waals surface area contributed by atoms with Crippen LogP contribution < -0.4 is 4.74 Å². The molecule has 0 N–H and O–H groups in total. The van der Waals surface area contributed by atoms with Gasteiger partial charge in [0.25, 0.3) is 0 Å². The Kier molecular flexibility index (Phi) is 17.0. The van der Waals surface area contributed by atoms with Gasteiger partial charge in [-0.15, -0.1) is 0 Å². The van der Waals surface area contributed by atoms with E-state index in [2.05, 4.69) is 69.9 Å². The molecule has 0 fully saturated rings. The van der Waals surface area contributed by atoms with Crippen LogP contribution in [0.2, 0.25) is 0 Å². The highest BCUT2D eigenvalue weighted by Crippen LogP contribution is 2.34. The Balaban J connectivity index is 0.00000139. The second kappa shape index (κ2) is 19.0. The van der Waals surface area contributed by atoms with Crippen molar-refractivity contribution in [3.63, 3.8) is 0 Å². The van der Waals surface area contributed by atoms with Gasteiger partial charge in [-0.2, -0.15) is 0 Å². The lowest BCUT2D eigenvalue weighted by molar-refractivity contribution is -0.125. The number of hydrogen-bond donors (Lipinski definition) is 0. The topological polar surface area (TPSA) is 38.8 Å². The fraction of sp³-hybridized carbons (Fsp3) is 0.629. The number of methoxy groups -OCH3 is 2. The van der Waals surface area contributed by atoms with Crippen molar-refractivity contribution in [1.29, 1.82) is 0 Å². The van der Waals surface area contributed by atoms with Gasteiger partial charge in [0, 0.05) is 19.2 Å². The predicted octanol–water partition coefficient (Wildman–Crippen LogP) is 8.99. The number of carbonyl (C=O) groups is 1. The molecular weight excluding hydrogens is 482 g/mol. The first-order chi connectivity index (χ1) is 18.7. The summed E-state index contributed by atoms with van der Waals surface area (Å²) in [5, 5.41) is 0. The second-order valence-electron chi connectivity index (χ2n) is 11.0. The first-order valence-electron chi connectivity index (χ1n) is 15.3. The van der Waals surface area contributed by atoms with Gasteiger partial charge in [0.1, 0.15) is 5.75 Å². The number of likely N-dealkylation sites (N-methyl/N-ethyl adjacent to an activating group) is 1. The Morgan fingerprint density at radius 3 is 2.21 bits per heavy atom. The summed E-state index contributed by atoms with van der Waals surface area (Å²) in [5.74, 6) is 1.06. The Hall–Kier alpha value is -2.17. The number of nitrogens with zero attached hydrogens (tertiary/aromatic N) is 1. The molecule has 0 heterocycles. The molecule has 0 amide bonds. The normalized spacial score (nSPS) is 13.6. The van der Waals surface area contributed by atoms with Crippen molar-refractivity contribution in [2.45, 2.75) is 112 Å². The minimum absolute atomic E-state index is 0.161. The lowest BCUT2D eigenvalue weighted by Gasteiger charge is -2.36. The van der Waals surface area contributed by atoms with Crippen molar-refractivity contribution in [3.8, 4) is 5.75 Å². The number of carbonyl (C=O) groups excluding carboxylic acids is 1. The molecule has 0 spiro atoms. The van der Waals surface area contributed by atoms with E-state index in [-0.39, 0.29) is 5.78 Å². The summed E-state index contributed by atoms with van der Waals surface area (Å²) in [6, 6.07) is 6.40. The minimum atomic E-state index is -0.592. The third kappa shape index (κ3) is 11.1. The van der Waals surface area contributed by atoms with Crippen LogP contribution in [0.25, 0.3) is 5.57 Å². The van der Waals surface area contributed by atoms with Crippen LogP contribution in [0.1, 0.15) is 111 Å². The molecule has 0 unspecified atom stereocenters. The van der Waals surface area contributed by atoms with Crippen LogP contribution in [0.3, 0.4) is 0 Å². The summed E-state index contributed by atoms with van der Waals surface area (Å²) in [5.41, 5.74) is 5.13. The van der Waals surface area contributed by atoms with E-state index < -0.39 is 5.54 Å². The SMILES string of the molecule is CCCCC.CCCCCCc1cc(OC)ccc1C1=CCC=C(C(=O)C(C)(C)N(CC)CCOC)C=C1C. The zero-order valence-corrected chi connectivity index (χ0v) is 26.6. The molecule has 1 aromatic carbocycles. The lowest BCUT2D eigenvalue weighted by atomic mass is 9.88. The molecule has 1 aliphatic rings. The number of hydrogen-bond acceptors (Lipinski definition) is 4. The number of unbranched alkanes of at least 4 members (excludes halogenated alkanes) is 5. The van der Waals surface area contributed by atoms with Gasteiger partial charge in [0.05, 0.1) is 19.3 Å². The molecule has 0 radical (unpaired) electrons. The van der Waals surface area contributed by atoms with Crippen LogP contribution in [-0.2, 0) is 16.0 Å². The summed E-state index contributed by atoms with van der Waals surface area (Å²) in [4.78, 5) is 15.8. The summed E-state index contributed by atoms with van der Waals surface area (Å²) >= 11 is 0. The molecule has 2 rings (SSSR count). The van der Waals surface area contributed by atoms with Crippen molar-refractivity contribution in [2.24, 2.45) is 0 Å². The highest BCUT2D eigenvalue weighted by Gasteiger charge is 2.35. The zero-order valence-electron chi connectivity index (χ0n) is 26.6. The van der Waals surface area contributed by atoms with Gasteiger partial charge in [-0.3, -0.25) is 9.69 Å². The monoisotopic (exact) mass is 539 g/mol. The predicted molar refractivity (Wildman–Crippen MR) is 169 cm³/mol. The van der Waals surface area contributed by atoms with Gasteiger partial charge in [-0.1, -0.05) is 84.4 Å². The van der Waals surface area contributed by atoms with E-state index in [0.29, 0.717) is 6.61 Å². The Bertz CT molecular complexity index is 953. The molecule has 0 aliphatic heterocycles. The molecule has 1 aliphatic carbocycles. The minimum Gasteiger partial charge on any atom is -0.497 e. The average Bonchev–Trinajstić information content (AvgIpc) is 3.12. The fourth-order valence-electron chi connectivity index (χ4n) is 5.11. The second-order valence-corrected chi connectivity index (χ2v) is 11.0. The Labute approximate surface area is 240 Å². The van der Waals surface area contributed by atoms with Gasteiger partial charge in [-0.25, -0.2) is 0 Å². The smallest absolute Gasteiger partial charge is 0.182 e. The first-order valence-corrected chi connectivity index (χ1v) is 15.3. The number of rotatable bonds is 16. The summed E-state index contributed by atoms with van der Waals surface area (Å²) in [7, 11) is 3.43. The molecule has 0 aromatic heterocycles. The molecule has 1 aromatic rings. The number of benzene rings is 1. The quantitative estimate of drug-likeness (QED) is 0.196. The number of allylic oxidation sites excluding steroid dienone is 5. The van der Waals surface area contributed by atoms with Crippen LogP contribution in [0.15, 0.2) is 47.6 Å². The fourth-order valence-corrected chi connectivity index (χ4v) is 5.11. The summed E-state index contributed by atoms with van der Waals surface area (Å²) in [6.45, 7) is 17.1. The van der Waals surface area contributed by atoms with Gasteiger partial charge in [0.2, 0.25) is 0 Å². The van der Waals surface area contributed by atoms with Crippen LogP contribution >= 0.6 is 0 Å². The molecule has 0 saturated heterocycles. The van der Waals surface area contributed by atoms with E-state index in [9.17, 15) is 4.79 Å². The van der Waals surface area contributed by atoms with E-state index >= 15 is 0 Å². The van der Waals surface area contributed by atoms with Crippen molar-refractivity contribution in [3.05, 3.63) is 58.7 Å². The maximum Gasteiger partial charge on any atom is 0.182 e. The maximum absolute atomic E-state index is 13.6. The van der Waals surface area contributed by atoms with Gasteiger partial charge >= 0.3 is 0 Å². The van der Waals surface area contributed by atoms with Crippen molar-refractivity contribution >= 4 is 11.4 Å². The lowest BCUT2D eigenvalue weighted by Crippen LogP contribution is -2.51. The number of ketones is 1. The van der Waals surface area contributed by atoms with E-state index in [1.807, 2.05) is 19.9 Å². The summed E-state index contributed by atoms with van der Waals surface area (Å²) < 4.78 is 10.8. The van der Waals surface area contributed by atoms with Gasteiger partial charge in [0.15, 0.2) is 5.78 Å². The average molecular weight is 540 g/mol. The summed E-state index contributed by atoms with van der Waals surface area (Å²) in [6.07, 6.45) is 17.2. The molecule has 220 valence electrons. The Morgan fingerprint density at radius 1 is 0.949 bits per heavy atom. The molecule has 0 bridgehead atoms. The van der Waals surface area contributed by atoms with Gasteiger partial charge < -0.3 is 9.47 Å². The molecular formula is C35H57NO3. The van der Waals surface area contributed by atoms with E-state index in [4.69, 9.17) is 9.47 Å². The third-order valence-corrected chi connectivity index (χ3v) is 7.62. The molecule has 4 heteroatoms. The first kappa shape index (κ1) is 34.9. The zero-order chi connectivity index (χ0) is 29.3. The standard InChI is InChI=1S/C30H45NO3.C5H12/c1-8-10-11-12-14-24-22-26(34-7)17-18-28(24)27-16-13-15-25(21-23(27)3)29(32)30(4,5)31(9-2)19-20-33-6;1-3-5-4-2/h15-18,21-22H,8-14,19-20H2,1-7H3;3-5H2,1-2H3.